The molecular formula is C7H4BrNO2. The molecule has 0 unspecified atom stereocenters. The molecule has 0 aliphatic rings. The highest BCUT2D eigenvalue weighted by Gasteiger charge is 2.04. The molecule has 0 radical (unpaired) electrons. The Labute approximate surface area is 71.6 Å². The zero-order valence-electron chi connectivity index (χ0n) is 5.45. The average molecular weight is 214 g/mol. The molecule has 0 aromatic carbocycles. The van der Waals surface area contributed by atoms with Gasteiger partial charge in [-0.2, -0.15) is 0 Å². The van der Waals surface area contributed by atoms with Gasteiger partial charge in [-0.05, 0) is 22.0 Å². The van der Waals surface area contributed by atoms with Crippen molar-refractivity contribution in [2.45, 2.75) is 0 Å². The quantitative estimate of drug-likeness (QED) is 0.700. The second kappa shape index (κ2) is 3.39. The lowest BCUT2D eigenvalue weighted by molar-refractivity contribution is 0.109. The van der Waals surface area contributed by atoms with Gasteiger partial charge in [-0.15, -0.1) is 0 Å². The van der Waals surface area contributed by atoms with Crippen molar-refractivity contribution in [1.29, 1.82) is 0 Å². The van der Waals surface area contributed by atoms with Gasteiger partial charge in [0.05, 0.1) is 5.56 Å². The third-order valence-corrected chi connectivity index (χ3v) is 1.89. The number of halogens is 1. The minimum Gasteiger partial charge on any atom is -0.298 e. The summed E-state index contributed by atoms with van der Waals surface area (Å²) in [6.45, 7) is 0. The first-order valence-corrected chi connectivity index (χ1v) is 3.63. The van der Waals surface area contributed by atoms with Crippen LogP contribution < -0.4 is 0 Å². The Balaban J connectivity index is 3.35. The fourth-order valence-electron chi connectivity index (χ4n) is 0.675. The molecule has 0 amide bonds. The van der Waals surface area contributed by atoms with Gasteiger partial charge < -0.3 is 0 Å². The largest absolute Gasteiger partial charge is 0.298 e. The molecule has 0 saturated carbocycles. The first-order chi connectivity index (χ1) is 5.29. The van der Waals surface area contributed by atoms with Crippen LogP contribution >= 0.6 is 15.9 Å². The molecule has 11 heavy (non-hydrogen) atoms. The number of aldehydes is 2. The van der Waals surface area contributed by atoms with Crippen LogP contribution in [0.15, 0.2) is 16.7 Å². The summed E-state index contributed by atoms with van der Waals surface area (Å²) in [6, 6.07) is 1.61. The SMILES string of the molecule is O=Cc1nccc(Br)c1C=O. The molecule has 0 N–H and O–H groups in total. The monoisotopic (exact) mass is 213 g/mol. The number of hydrogen-bond acceptors (Lipinski definition) is 3. The van der Waals surface area contributed by atoms with E-state index in [0.29, 0.717) is 22.6 Å². The summed E-state index contributed by atoms with van der Waals surface area (Å²) in [4.78, 5) is 24.4. The second-order valence-electron chi connectivity index (χ2n) is 1.83. The Morgan fingerprint density at radius 3 is 2.55 bits per heavy atom. The van der Waals surface area contributed by atoms with Gasteiger partial charge in [-0.3, -0.25) is 14.6 Å². The molecule has 0 atom stereocenters. The number of carbonyl (C=O) groups excluding carboxylic acids is 2. The predicted molar refractivity (Wildman–Crippen MR) is 42.7 cm³/mol. The lowest BCUT2D eigenvalue weighted by Gasteiger charge is -1.96. The van der Waals surface area contributed by atoms with Crippen LogP contribution in [0.5, 0.6) is 0 Å². The van der Waals surface area contributed by atoms with Gasteiger partial charge in [0.15, 0.2) is 12.6 Å². The fraction of sp³-hybridized carbons (Fsp3) is 0. The molecule has 0 aliphatic heterocycles. The fourth-order valence-corrected chi connectivity index (χ4v) is 1.09. The molecule has 56 valence electrons. The van der Waals surface area contributed by atoms with Gasteiger partial charge in [-0.1, -0.05) is 0 Å². The van der Waals surface area contributed by atoms with E-state index in [1.54, 1.807) is 6.07 Å². The van der Waals surface area contributed by atoms with E-state index in [4.69, 9.17) is 0 Å². The van der Waals surface area contributed by atoms with E-state index in [2.05, 4.69) is 20.9 Å². The number of pyridine rings is 1. The maximum absolute atomic E-state index is 10.4. The zero-order valence-corrected chi connectivity index (χ0v) is 7.04. The third kappa shape index (κ3) is 1.51. The summed E-state index contributed by atoms with van der Waals surface area (Å²) in [5, 5.41) is 0. The van der Waals surface area contributed by atoms with E-state index in [1.807, 2.05) is 0 Å². The van der Waals surface area contributed by atoms with Crippen molar-refractivity contribution in [3.63, 3.8) is 0 Å². The lowest BCUT2D eigenvalue weighted by Crippen LogP contribution is -1.95. The Morgan fingerprint density at radius 1 is 1.36 bits per heavy atom. The van der Waals surface area contributed by atoms with Gasteiger partial charge in [0.2, 0.25) is 0 Å². The smallest absolute Gasteiger partial charge is 0.169 e. The summed E-state index contributed by atoms with van der Waals surface area (Å²) < 4.78 is 0.588. The minimum absolute atomic E-state index is 0.161. The average Bonchev–Trinajstić information content (AvgIpc) is 2.04. The van der Waals surface area contributed by atoms with Crippen molar-refractivity contribution < 1.29 is 9.59 Å². The molecule has 1 rings (SSSR count). The van der Waals surface area contributed by atoms with Crippen molar-refractivity contribution in [1.82, 2.24) is 4.98 Å². The molecule has 0 saturated heterocycles. The Hall–Kier alpha value is -1.03. The lowest BCUT2D eigenvalue weighted by atomic mass is 10.2. The van der Waals surface area contributed by atoms with Gasteiger partial charge in [0.25, 0.3) is 0 Å². The van der Waals surface area contributed by atoms with E-state index in [1.165, 1.54) is 6.20 Å². The highest BCUT2D eigenvalue weighted by molar-refractivity contribution is 9.10. The summed E-state index contributed by atoms with van der Waals surface area (Å²) >= 11 is 3.12. The molecule has 1 aromatic rings. The van der Waals surface area contributed by atoms with Crippen LogP contribution in [0.1, 0.15) is 20.8 Å². The standard InChI is InChI=1S/C7H4BrNO2/c8-6-1-2-9-7(4-11)5(6)3-10/h1-4H. The van der Waals surface area contributed by atoms with Crippen LogP contribution in [0.25, 0.3) is 0 Å². The molecule has 0 bridgehead atoms. The van der Waals surface area contributed by atoms with Crippen LogP contribution in [0.4, 0.5) is 0 Å². The Kier molecular flexibility index (Phi) is 2.48. The van der Waals surface area contributed by atoms with E-state index in [-0.39, 0.29) is 5.69 Å². The second-order valence-corrected chi connectivity index (χ2v) is 2.68. The van der Waals surface area contributed by atoms with Crippen molar-refractivity contribution in [3.8, 4) is 0 Å². The molecule has 0 spiro atoms. The minimum atomic E-state index is 0.161. The highest BCUT2D eigenvalue weighted by Crippen LogP contribution is 2.14. The van der Waals surface area contributed by atoms with Gasteiger partial charge in [0.1, 0.15) is 5.69 Å². The molecule has 0 aliphatic carbocycles. The van der Waals surface area contributed by atoms with E-state index in [9.17, 15) is 9.59 Å². The number of carbonyl (C=O) groups is 2. The van der Waals surface area contributed by atoms with E-state index in [0.717, 1.165) is 0 Å². The molecular weight excluding hydrogens is 210 g/mol. The van der Waals surface area contributed by atoms with Crippen molar-refractivity contribution >= 4 is 28.5 Å². The maximum atomic E-state index is 10.4. The van der Waals surface area contributed by atoms with Crippen molar-refractivity contribution in [3.05, 3.63) is 28.0 Å². The van der Waals surface area contributed by atoms with Crippen LogP contribution in [0.3, 0.4) is 0 Å². The van der Waals surface area contributed by atoms with Crippen LogP contribution in [-0.4, -0.2) is 17.6 Å². The summed E-state index contributed by atoms with van der Waals surface area (Å²) in [6.07, 6.45) is 2.61. The van der Waals surface area contributed by atoms with Gasteiger partial charge in [0, 0.05) is 10.7 Å². The topological polar surface area (TPSA) is 47.0 Å². The number of hydrogen-bond donors (Lipinski definition) is 0. The van der Waals surface area contributed by atoms with Crippen LogP contribution in [0, 0.1) is 0 Å². The first kappa shape index (κ1) is 8.07. The molecule has 3 nitrogen and oxygen atoms in total. The molecule has 1 heterocycles. The Morgan fingerprint density at radius 2 is 2.09 bits per heavy atom. The summed E-state index contributed by atoms with van der Waals surface area (Å²) in [7, 11) is 0. The maximum Gasteiger partial charge on any atom is 0.169 e. The van der Waals surface area contributed by atoms with Gasteiger partial charge >= 0.3 is 0 Å². The normalized spacial score (nSPS) is 9.18. The zero-order chi connectivity index (χ0) is 8.27. The van der Waals surface area contributed by atoms with E-state index >= 15 is 0 Å². The third-order valence-electron chi connectivity index (χ3n) is 1.20. The molecule has 4 heteroatoms. The number of aromatic nitrogens is 1. The highest BCUT2D eigenvalue weighted by atomic mass is 79.9. The number of nitrogens with zero attached hydrogens (tertiary/aromatic N) is 1. The van der Waals surface area contributed by atoms with Crippen molar-refractivity contribution in [2.24, 2.45) is 0 Å². The van der Waals surface area contributed by atoms with Gasteiger partial charge in [-0.25, -0.2) is 0 Å². The van der Waals surface area contributed by atoms with Crippen molar-refractivity contribution in [2.75, 3.05) is 0 Å². The number of rotatable bonds is 2. The summed E-state index contributed by atoms with van der Waals surface area (Å²) in [5.41, 5.74) is 0.455. The molecule has 0 fully saturated rings. The Bertz CT molecular complexity index is 298. The molecule has 1 aromatic heterocycles. The summed E-state index contributed by atoms with van der Waals surface area (Å²) in [5.74, 6) is 0. The predicted octanol–water partition coefficient (Wildman–Crippen LogP) is 1.47. The van der Waals surface area contributed by atoms with Crippen LogP contribution in [-0.2, 0) is 0 Å². The van der Waals surface area contributed by atoms with E-state index < -0.39 is 0 Å². The van der Waals surface area contributed by atoms with Crippen LogP contribution in [0.2, 0.25) is 0 Å². The first-order valence-electron chi connectivity index (χ1n) is 2.84.